The Morgan fingerprint density at radius 1 is 0.944 bits per heavy atom. The van der Waals surface area contributed by atoms with E-state index in [0.717, 1.165) is 16.8 Å². The summed E-state index contributed by atoms with van der Waals surface area (Å²) in [5.41, 5.74) is 3.79. The quantitative estimate of drug-likeness (QED) is 0.270. The lowest BCUT2D eigenvalue weighted by Crippen LogP contribution is -2.25. The summed E-state index contributed by atoms with van der Waals surface area (Å²) < 4.78 is 1.86. The Bertz CT molecular complexity index is 1370. The smallest absolute Gasteiger partial charge is 0.257 e. The van der Waals surface area contributed by atoms with Crippen molar-refractivity contribution in [2.75, 3.05) is 10.6 Å². The van der Waals surface area contributed by atoms with Gasteiger partial charge in [0.15, 0.2) is 11.0 Å². The number of carbonyl (C=O) groups excluding carboxylic acids is 2. The van der Waals surface area contributed by atoms with Crippen molar-refractivity contribution < 1.29 is 9.59 Å². The van der Waals surface area contributed by atoms with Crippen LogP contribution in [0.4, 0.5) is 11.4 Å². The lowest BCUT2D eigenvalue weighted by Gasteiger charge is -2.14. The van der Waals surface area contributed by atoms with Crippen LogP contribution in [0.2, 0.25) is 5.02 Å². The predicted octanol–water partition coefficient (Wildman–Crippen LogP) is 6.21. The predicted molar refractivity (Wildman–Crippen MR) is 146 cm³/mol. The average Bonchev–Trinajstić information content (AvgIpc) is 3.24. The molecule has 2 amide bonds. The van der Waals surface area contributed by atoms with E-state index in [1.807, 2.05) is 61.9 Å². The summed E-state index contributed by atoms with van der Waals surface area (Å²) in [6, 6.07) is 21.9. The normalized spacial score (nSPS) is 11.7. The highest BCUT2D eigenvalue weighted by atomic mass is 35.5. The van der Waals surface area contributed by atoms with Crippen molar-refractivity contribution in [2.24, 2.45) is 7.05 Å². The molecule has 0 bridgehead atoms. The van der Waals surface area contributed by atoms with E-state index >= 15 is 0 Å². The number of aryl methyl sites for hydroxylation is 1. The number of nitrogens with one attached hydrogen (secondary N) is 2. The van der Waals surface area contributed by atoms with Crippen LogP contribution in [0.25, 0.3) is 11.4 Å². The van der Waals surface area contributed by atoms with E-state index < -0.39 is 0 Å². The van der Waals surface area contributed by atoms with Crippen LogP contribution in [0, 0.1) is 6.92 Å². The zero-order chi connectivity index (χ0) is 25.7. The molecule has 36 heavy (non-hydrogen) atoms. The average molecular weight is 520 g/mol. The second-order valence-electron chi connectivity index (χ2n) is 8.25. The highest BCUT2D eigenvalue weighted by molar-refractivity contribution is 8.00. The summed E-state index contributed by atoms with van der Waals surface area (Å²) >= 11 is 7.50. The van der Waals surface area contributed by atoms with Crippen molar-refractivity contribution in [3.05, 3.63) is 88.9 Å². The number of carbonyl (C=O) groups is 2. The fourth-order valence-electron chi connectivity index (χ4n) is 3.52. The van der Waals surface area contributed by atoms with Gasteiger partial charge in [-0.1, -0.05) is 60.1 Å². The van der Waals surface area contributed by atoms with E-state index in [2.05, 4.69) is 20.8 Å². The molecule has 7 nitrogen and oxygen atoms in total. The van der Waals surface area contributed by atoms with Gasteiger partial charge in [0.1, 0.15) is 0 Å². The van der Waals surface area contributed by atoms with Crippen LogP contribution in [-0.4, -0.2) is 31.8 Å². The number of anilines is 2. The molecule has 0 radical (unpaired) electrons. The minimum atomic E-state index is -0.315. The number of rotatable bonds is 8. The van der Waals surface area contributed by atoms with Gasteiger partial charge in [0.05, 0.1) is 15.8 Å². The molecule has 9 heteroatoms. The van der Waals surface area contributed by atoms with E-state index in [1.54, 1.807) is 36.4 Å². The maximum atomic E-state index is 12.8. The summed E-state index contributed by atoms with van der Waals surface area (Å²) in [6.45, 7) is 3.98. The Hall–Kier alpha value is -3.62. The van der Waals surface area contributed by atoms with Crippen molar-refractivity contribution in [3.63, 3.8) is 0 Å². The molecule has 4 aromatic rings. The van der Waals surface area contributed by atoms with Gasteiger partial charge in [0, 0.05) is 24.0 Å². The Morgan fingerprint density at radius 2 is 1.58 bits per heavy atom. The summed E-state index contributed by atoms with van der Waals surface area (Å²) in [7, 11) is 1.87. The van der Waals surface area contributed by atoms with Crippen LogP contribution < -0.4 is 10.6 Å². The molecule has 0 aliphatic heterocycles. The summed E-state index contributed by atoms with van der Waals surface area (Å²) in [6.07, 6.45) is 0.643. The number of hydrogen-bond donors (Lipinski definition) is 2. The molecule has 3 aromatic carbocycles. The summed E-state index contributed by atoms with van der Waals surface area (Å²) in [5, 5.41) is 15.2. The fraction of sp³-hybridized carbons (Fsp3) is 0.185. The number of thioether (sulfide) groups is 1. The third-order valence-electron chi connectivity index (χ3n) is 5.58. The highest BCUT2D eigenvalue weighted by Gasteiger charge is 2.22. The molecule has 0 unspecified atom stereocenters. The highest BCUT2D eigenvalue weighted by Crippen LogP contribution is 2.29. The first-order chi connectivity index (χ1) is 17.4. The van der Waals surface area contributed by atoms with Crippen LogP contribution >= 0.6 is 23.4 Å². The Labute approximate surface area is 219 Å². The first-order valence-electron chi connectivity index (χ1n) is 11.5. The minimum Gasteiger partial charge on any atom is -0.325 e. The number of amides is 2. The number of aromatic nitrogens is 3. The molecule has 0 aliphatic carbocycles. The van der Waals surface area contributed by atoms with Gasteiger partial charge in [-0.3, -0.25) is 9.59 Å². The lowest BCUT2D eigenvalue weighted by atomic mass is 10.1. The molecule has 4 rings (SSSR count). The zero-order valence-corrected chi connectivity index (χ0v) is 21.7. The molecule has 0 spiro atoms. The van der Waals surface area contributed by atoms with Gasteiger partial charge >= 0.3 is 0 Å². The van der Waals surface area contributed by atoms with Crippen molar-refractivity contribution in [1.29, 1.82) is 0 Å². The van der Waals surface area contributed by atoms with E-state index in [9.17, 15) is 9.59 Å². The molecule has 0 fully saturated rings. The standard InChI is InChI=1S/C27H26ClN5O2S/c1-4-23(26(35)30-19-13-9-17(2)10-14-19)36-27-32-31-24(33(27)3)18-11-15-20(16-12-18)29-25(34)21-7-5-6-8-22(21)28/h5-16,23H,4H2,1-3H3,(H,29,34)(H,30,35)/t23-/m1/s1. The molecule has 1 atom stereocenters. The van der Waals surface area contributed by atoms with Gasteiger partial charge in [0.2, 0.25) is 5.91 Å². The Balaban J connectivity index is 1.43. The molecule has 1 aromatic heterocycles. The van der Waals surface area contributed by atoms with Crippen molar-refractivity contribution in [1.82, 2.24) is 14.8 Å². The molecule has 0 saturated heterocycles. The molecular weight excluding hydrogens is 494 g/mol. The number of nitrogens with zero attached hydrogens (tertiary/aromatic N) is 3. The van der Waals surface area contributed by atoms with Crippen LogP contribution in [0.15, 0.2) is 78.0 Å². The topological polar surface area (TPSA) is 88.9 Å². The Morgan fingerprint density at radius 3 is 2.25 bits per heavy atom. The van der Waals surface area contributed by atoms with E-state index in [-0.39, 0.29) is 17.1 Å². The van der Waals surface area contributed by atoms with E-state index in [1.165, 1.54) is 11.8 Å². The van der Waals surface area contributed by atoms with Crippen LogP contribution in [0.1, 0.15) is 29.3 Å². The van der Waals surface area contributed by atoms with Gasteiger partial charge < -0.3 is 15.2 Å². The van der Waals surface area contributed by atoms with E-state index in [0.29, 0.717) is 33.7 Å². The summed E-state index contributed by atoms with van der Waals surface area (Å²) in [4.78, 5) is 25.3. The van der Waals surface area contributed by atoms with Crippen molar-refractivity contribution >= 4 is 46.6 Å². The lowest BCUT2D eigenvalue weighted by molar-refractivity contribution is -0.115. The van der Waals surface area contributed by atoms with Crippen LogP contribution in [-0.2, 0) is 11.8 Å². The zero-order valence-electron chi connectivity index (χ0n) is 20.2. The molecule has 2 N–H and O–H groups in total. The molecule has 0 aliphatic rings. The van der Waals surface area contributed by atoms with Gasteiger partial charge in [-0.2, -0.15) is 0 Å². The fourth-order valence-corrected chi connectivity index (χ4v) is 4.67. The largest absolute Gasteiger partial charge is 0.325 e. The third-order valence-corrected chi connectivity index (χ3v) is 7.31. The SMILES string of the molecule is CC[C@@H](Sc1nnc(-c2ccc(NC(=O)c3ccccc3Cl)cc2)n1C)C(=O)Nc1ccc(C)cc1. The van der Waals surface area contributed by atoms with Crippen LogP contribution in [0.5, 0.6) is 0 Å². The summed E-state index contributed by atoms with van der Waals surface area (Å²) in [5.74, 6) is 0.310. The van der Waals surface area contributed by atoms with E-state index in [4.69, 9.17) is 11.6 Å². The number of halogens is 1. The molecular formula is C27H26ClN5O2S. The van der Waals surface area contributed by atoms with Gasteiger partial charge in [0.25, 0.3) is 5.91 Å². The monoisotopic (exact) mass is 519 g/mol. The number of benzene rings is 3. The molecule has 0 saturated carbocycles. The second kappa shape index (κ2) is 11.4. The molecule has 184 valence electrons. The second-order valence-corrected chi connectivity index (χ2v) is 9.82. The van der Waals surface area contributed by atoms with Crippen molar-refractivity contribution in [3.8, 4) is 11.4 Å². The minimum absolute atomic E-state index is 0.0745. The maximum Gasteiger partial charge on any atom is 0.257 e. The van der Waals surface area contributed by atoms with Crippen molar-refractivity contribution in [2.45, 2.75) is 30.7 Å². The van der Waals surface area contributed by atoms with Gasteiger partial charge in [-0.15, -0.1) is 10.2 Å². The van der Waals surface area contributed by atoms with Crippen LogP contribution in [0.3, 0.4) is 0 Å². The van der Waals surface area contributed by atoms with Gasteiger partial charge in [-0.05, 0) is 61.9 Å². The first kappa shape index (κ1) is 25.5. The third kappa shape index (κ3) is 5.95. The molecule has 1 heterocycles. The number of hydrogen-bond acceptors (Lipinski definition) is 5. The van der Waals surface area contributed by atoms with Gasteiger partial charge in [-0.25, -0.2) is 0 Å². The first-order valence-corrected chi connectivity index (χ1v) is 12.7. The maximum absolute atomic E-state index is 12.8. The Kier molecular flexibility index (Phi) is 8.07.